The molecule has 1 aliphatic heterocycles. The third-order valence-electron chi connectivity index (χ3n) is 5.67. The number of esters is 1. The van der Waals surface area contributed by atoms with Gasteiger partial charge in [-0.3, -0.25) is 20.4 Å². The highest BCUT2D eigenvalue weighted by atomic mass is 16.6. The summed E-state index contributed by atoms with van der Waals surface area (Å²) in [5.41, 5.74) is 4.32. The number of alkyl carbamates (subject to hydrolysis) is 1. The second-order valence-electron chi connectivity index (χ2n) is 9.97. The van der Waals surface area contributed by atoms with E-state index in [4.69, 9.17) is 14.2 Å². The van der Waals surface area contributed by atoms with Crippen molar-refractivity contribution in [1.82, 2.24) is 16.2 Å². The Hall–Kier alpha value is -4.08. The summed E-state index contributed by atoms with van der Waals surface area (Å²) in [6, 6.07) is 12.0. The van der Waals surface area contributed by atoms with Crippen LogP contribution in [0.15, 0.2) is 42.5 Å². The molecular formula is C27H33N3O7. The Labute approximate surface area is 216 Å². The molecule has 3 N–H and O–H groups in total. The van der Waals surface area contributed by atoms with E-state index in [1.54, 1.807) is 20.8 Å². The van der Waals surface area contributed by atoms with Crippen molar-refractivity contribution in [2.75, 3.05) is 13.7 Å². The minimum Gasteiger partial charge on any atom is -0.493 e. The predicted octanol–water partition coefficient (Wildman–Crippen LogP) is 3.09. The van der Waals surface area contributed by atoms with Crippen LogP contribution in [0.1, 0.15) is 66.0 Å². The van der Waals surface area contributed by atoms with Crippen LogP contribution >= 0.6 is 0 Å². The number of amides is 3. The number of nitrogens with one attached hydrogen (secondary N) is 3. The lowest BCUT2D eigenvalue weighted by molar-refractivity contribution is -0.127. The molecule has 10 heteroatoms. The van der Waals surface area contributed by atoms with Gasteiger partial charge in [0.2, 0.25) is 0 Å². The molecule has 1 aliphatic rings. The van der Waals surface area contributed by atoms with Gasteiger partial charge in [0.1, 0.15) is 16.9 Å². The van der Waals surface area contributed by atoms with Crippen LogP contribution in [-0.4, -0.2) is 48.7 Å². The summed E-state index contributed by atoms with van der Waals surface area (Å²) in [6.07, 6.45) is 0.714. The average molecular weight is 512 g/mol. The SMILES string of the molecule is COC(=O)c1cc(C(=O)NNC(=O)C(C)(Cc2ccccc2)NC(=O)OC(C)(C)C)cc2c1CCCO2. The highest BCUT2D eigenvalue weighted by molar-refractivity contribution is 6.01. The van der Waals surface area contributed by atoms with Crippen LogP contribution in [0.25, 0.3) is 0 Å². The molecule has 1 heterocycles. The largest absolute Gasteiger partial charge is 0.493 e. The van der Waals surface area contributed by atoms with Gasteiger partial charge in [-0.05, 0) is 58.2 Å². The van der Waals surface area contributed by atoms with E-state index in [9.17, 15) is 19.2 Å². The van der Waals surface area contributed by atoms with Crippen LogP contribution in [0, 0.1) is 0 Å². The minimum absolute atomic E-state index is 0.103. The number of ether oxygens (including phenoxy) is 3. The molecule has 1 atom stereocenters. The summed E-state index contributed by atoms with van der Waals surface area (Å²) in [7, 11) is 1.26. The zero-order chi connectivity index (χ0) is 27.2. The monoisotopic (exact) mass is 511 g/mol. The number of carbonyl (C=O) groups is 4. The van der Waals surface area contributed by atoms with Crippen molar-refractivity contribution in [2.45, 2.75) is 58.1 Å². The molecule has 0 fully saturated rings. The zero-order valence-corrected chi connectivity index (χ0v) is 21.7. The topological polar surface area (TPSA) is 132 Å². The lowest BCUT2D eigenvalue weighted by atomic mass is 9.92. The van der Waals surface area contributed by atoms with Crippen LogP contribution in [0.3, 0.4) is 0 Å². The number of benzene rings is 2. The van der Waals surface area contributed by atoms with Crippen LogP contribution in [0.2, 0.25) is 0 Å². The molecule has 37 heavy (non-hydrogen) atoms. The quantitative estimate of drug-likeness (QED) is 0.401. The van der Waals surface area contributed by atoms with Crippen molar-refractivity contribution in [2.24, 2.45) is 0 Å². The maximum atomic E-state index is 13.3. The van der Waals surface area contributed by atoms with E-state index in [0.29, 0.717) is 24.3 Å². The van der Waals surface area contributed by atoms with Crippen LogP contribution in [0.4, 0.5) is 4.79 Å². The number of methoxy groups -OCH3 is 1. The van der Waals surface area contributed by atoms with E-state index in [1.165, 1.54) is 26.2 Å². The van der Waals surface area contributed by atoms with E-state index < -0.39 is 35.0 Å². The Morgan fingerprint density at radius 3 is 2.35 bits per heavy atom. The standard InChI is InChI=1S/C27H33N3O7/c1-26(2,3)37-25(34)28-27(4,16-17-10-7-6-8-11-17)24(33)30-29-22(31)18-14-20(23(32)35-5)19-12-9-13-36-21(19)15-18/h6-8,10-11,14-15H,9,12-13,16H2,1-5H3,(H,28,34)(H,29,31)(H,30,33). The molecule has 2 aromatic rings. The maximum absolute atomic E-state index is 13.3. The first kappa shape index (κ1) is 27.5. The third-order valence-corrected chi connectivity index (χ3v) is 5.67. The van der Waals surface area contributed by atoms with Crippen molar-refractivity contribution in [3.63, 3.8) is 0 Å². The van der Waals surface area contributed by atoms with Gasteiger partial charge < -0.3 is 19.5 Å². The summed E-state index contributed by atoms with van der Waals surface area (Å²) in [5, 5.41) is 2.63. The first-order valence-electron chi connectivity index (χ1n) is 12.0. The number of hydrazine groups is 1. The third kappa shape index (κ3) is 7.22. The molecular weight excluding hydrogens is 478 g/mol. The molecule has 10 nitrogen and oxygen atoms in total. The average Bonchev–Trinajstić information content (AvgIpc) is 2.85. The molecule has 3 amide bonds. The number of rotatable bonds is 6. The van der Waals surface area contributed by atoms with E-state index in [0.717, 1.165) is 12.0 Å². The van der Waals surface area contributed by atoms with Crippen LogP contribution in [-0.2, 0) is 27.1 Å². The molecule has 2 aromatic carbocycles. The van der Waals surface area contributed by atoms with E-state index in [2.05, 4.69) is 16.2 Å². The lowest BCUT2D eigenvalue weighted by Gasteiger charge is -2.31. The summed E-state index contributed by atoms with van der Waals surface area (Å²) in [5.74, 6) is -1.50. The number of fused-ring (bicyclic) bond motifs is 1. The maximum Gasteiger partial charge on any atom is 0.408 e. The molecule has 0 aromatic heterocycles. The smallest absolute Gasteiger partial charge is 0.408 e. The summed E-state index contributed by atoms with van der Waals surface area (Å²) in [6.45, 7) is 7.14. The Bertz CT molecular complexity index is 1170. The van der Waals surface area contributed by atoms with Crippen molar-refractivity contribution in [3.8, 4) is 5.75 Å². The van der Waals surface area contributed by atoms with Gasteiger partial charge in [-0.25, -0.2) is 9.59 Å². The van der Waals surface area contributed by atoms with E-state index in [1.807, 2.05) is 30.3 Å². The Kier molecular flexibility index (Phi) is 8.42. The fraction of sp³-hybridized carbons (Fsp3) is 0.407. The molecule has 0 saturated heterocycles. The van der Waals surface area contributed by atoms with E-state index in [-0.39, 0.29) is 17.5 Å². The van der Waals surface area contributed by atoms with Gasteiger partial charge in [0, 0.05) is 17.5 Å². The Balaban J connectivity index is 1.79. The van der Waals surface area contributed by atoms with Gasteiger partial charge in [0.25, 0.3) is 11.8 Å². The zero-order valence-electron chi connectivity index (χ0n) is 21.7. The molecule has 198 valence electrons. The summed E-state index contributed by atoms with van der Waals surface area (Å²) in [4.78, 5) is 51.1. The molecule has 0 spiro atoms. The fourth-order valence-electron chi connectivity index (χ4n) is 3.92. The fourth-order valence-corrected chi connectivity index (χ4v) is 3.92. The molecule has 1 unspecified atom stereocenters. The van der Waals surface area contributed by atoms with Crippen molar-refractivity contribution < 1.29 is 33.4 Å². The van der Waals surface area contributed by atoms with Gasteiger partial charge in [-0.1, -0.05) is 30.3 Å². The summed E-state index contributed by atoms with van der Waals surface area (Å²) >= 11 is 0. The molecule has 0 bridgehead atoms. The highest BCUT2D eigenvalue weighted by Gasteiger charge is 2.37. The van der Waals surface area contributed by atoms with Gasteiger partial charge in [-0.15, -0.1) is 0 Å². The van der Waals surface area contributed by atoms with Gasteiger partial charge in [0.05, 0.1) is 19.3 Å². The van der Waals surface area contributed by atoms with E-state index >= 15 is 0 Å². The van der Waals surface area contributed by atoms with Crippen molar-refractivity contribution in [3.05, 3.63) is 64.7 Å². The van der Waals surface area contributed by atoms with Crippen LogP contribution < -0.4 is 20.9 Å². The first-order valence-corrected chi connectivity index (χ1v) is 12.0. The summed E-state index contributed by atoms with van der Waals surface area (Å²) < 4.78 is 15.8. The van der Waals surface area contributed by atoms with Crippen LogP contribution in [0.5, 0.6) is 5.75 Å². The Morgan fingerprint density at radius 1 is 1.00 bits per heavy atom. The molecule has 3 rings (SSSR count). The molecule has 0 radical (unpaired) electrons. The number of hydrogen-bond donors (Lipinski definition) is 3. The van der Waals surface area contributed by atoms with Crippen molar-refractivity contribution >= 4 is 23.9 Å². The highest BCUT2D eigenvalue weighted by Crippen LogP contribution is 2.30. The van der Waals surface area contributed by atoms with Gasteiger partial charge in [-0.2, -0.15) is 0 Å². The molecule has 0 saturated carbocycles. The second kappa shape index (κ2) is 11.3. The minimum atomic E-state index is -1.47. The Morgan fingerprint density at radius 2 is 1.70 bits per heavy atom. The van der Waals surface area contributed by atoms with Gasteiger partial charge in [0.15, 0.2) is 0 Å². The van der Waals surface area contributed by atoms with Gasteiger partial charge >= 0.3 is 12.1 Å². The number of hydrogen-bond acceptors (Lipinski definition) is 7. The predicted molar refractivity (Wildman–Crippen MR) is 135 cm³/mol. The van der Waals surface area contributed by atoms with Crippen molar-refractivity contribution in [1.29, 1.82) is 0 Å². The lowest BCUT2D eigenvalue weighted by Crippen LogP contribution is -2.61. The number of carbonyl (C=O) groups excluding carboxylic acids is 4. The normalized spacial score (nSPS) is 14.2. The first-order chi connectivity index (χ1) is 17.4. The second-order valence-corrected chi connectivity index (χ2v) is 9.97. The molecule has 0 aliphatic carbocycles.